The lowest BCUT2D eigenvalue weighted by Crippen LogP contribution is -2.56. The summed E-state index contributed by atoms with van der Waals surface area (Å²) in [6, 6.07) is 3.59. The minimum Gasteiger partial charge on any atom is -0.381 e. The molecule has 1 aromatic rings. The van der Waals surface area contributed by atoms with E-state index in [-0.39, 0.29) is 24.5 Å². The molecule has 3 aliphatic rings. The number of morpholine rings is 1. The first-order valence-corrected chi connectivity index (χ1v) is 10.4. The van der Waals surface area contributed by atoms with Crippen molar-refractivity contribution < 1.29 is 19.1 Å². The van der Waals surface area contributed by atoms with Crippen LogP contribution in [-0.4, -0.2) is 71.7 Å². The van der Waals surface area contributed by atoms with Gasteiger partial charge < -0.3 is 19.3 Å². The number of likely N-dealkylation sites (N-methyl/N-ethyl adjacent to an activating group) is 1. The molecule has 0 radical (unpaired) electrons. The fraction of sp³-hybridized carbons (Fsp3) is 0.667. The zero-order chi connectivity index (χ0) is 19.5. The van der Waals surface area contributed by atoms with Crippen molar-refractivity contribution >= 4 is 11.8 Å². The van der Waals surface area contributed by atoms with Crippen molar-refractivity contribution in [3.8, 4) is 0 Å². The Morgan fingerprint density at radius 3 is 2.71 bits per heavy atom. The van der Waals surface area contributed by atoms with Crippen LogP contribution in [0, 0.1) is 5.92 Å². The lowest BCUT2D eigenvalue weighted by molar-refractivity contribution is -0.170. The zero-order valence-corrected chi connectivity index (χ0v) is 16.5. The van der Waals surface area contributed by atoms with Crippen LogP contribution in [0.1, 0.15) is 44.2 Å². The van der Waals surface area contributed by atoms with Gasteiger partial charge >= 0.3 is 0 Å². The van der Waals surface area contributed by atoms with Gasteiger partial charge in [0.25, 0.3) is 5.91 Å². The number of ether oxygens (including phenoxy) is 2. The maximum absolute atomic E-state index is 13.5. The monoisotopic (exact) mass is 387 g/mol. The van der Waals surface area contributed by atoms with E-state index in [4.69, 9.17) is 9.47 Å². The zero-order valence-electron chi connectivity index (χ0n) is 16.5. The first-order valence-electron chi connectivity index (χ1n) is 10.4. The van der Waals surface area contributed by atoms with Gasteiger partial charge in [-0.15, -0.1) is 0 Å². The van der Waals surface area contributed by atoms with E-state index in [0.717, 1.165) is 51.0 Å². The molecule has 152 valence electrons. The highest BCUT2D eigenvalue weighted by atomic mass is 16.5. The molecule has 4 rings (SSSR count). The molecule has 2 unspecified atom stereocenters. The SMILES string of the molecule is CCN(CC1CCOCC1)C(=O)C1OCC(=O)N(C2CC2)C1c1cccnc1. The van der Waals surface area contributed by atoms with Crippen molar-refractivity contribution in [2.45, 2.75) is 50.8 Å². The molecule has 0 spiro atoms. The number of carbonyl (C=O) groups excluding carboxylic acids is 2. The molecule has 0 N–H and O–H groups in total. The van der Waals surface area contributed by atoms with Crippen LogP contribution in [0.5, 0.6) is 0 Å². The van der Waals surface area contributed by atoms with Crippen LogP contribution in [-0.2, 0) is 19.1 Å². The Morgan fingerprint density at radius 2 is 2.07 bits per heavy atom. The standard InChI is InChI=1S/C21H29N3O4/c1-2-23(13-15-7-10-27-11-8-15)21(26)20-19(16-4-3-9-22-12-16)24(17-5-6-17)18(25)14-28-20/h3-4,9,12,15,17,19-20H,2,5-8,10-11,13-14H2,1H3. The number of hydrogen-bond donors (Lipinski definition) is 0. The van der Waals surface area contributed by atoms with Crippen LogP contribution in [0.3, 0.4) is 0 Å². The van der Waals surface area contributed by atoms with Crippen LogP contribution in [0.4, 0.5) is 0 Å². The number of hydrogen-bond acceptors (Lipinski definition) is 5. The van der Waals surface area contributed by atoms with Gasteiger partial charge in [0.15, 0.2) is 6.10 Å². The van der Waals surface area contributed by atoms with E-state index in [1.54, 1.807) is 12.4 Å². The fourth-order valence-electron chi connectivity index (χ4n) is 4.30. The third-order valence-electron chi connectivity index (χ3n) is 5.98. The molecule has 7 nitrogen and oxygen atoms in total. The number of rotatable bonds is 6. The summed E-state index contributed by atoms with van der Waals surface area (Å²) < 4.78 is 11.3. The number of carbonyl (C=O) groups is 2. The number of nitrogens with zero attached hydrogens (tertiary/aromatic N) is 3. The molecule has 2 atom stereocenters. The van der Waals surface area contributed by atoms with E-state index >= 15 is 0 Å². The Kier molecular flexibility index (Phi) is 5.92. The van der Waals surface area contributed by atoms with Crippen LogP contribution >= 0.6 is 0 Å². The molecular formula is C21H29N3O4. The van der Waals surface area contributed by atoms with Gasteiger partial charge in [-0.1, -0.05) is 6.07 Å². The normalized spacial score (nSPS) is 26.3. The summed E-state index contributed by atoms with van der Waals surface area (Å²) in [6.45, 7) is 4.85. The molecule has 3 fully saturated rings. The highest BCUT2D eigenvalue weighted by Gasteiger charge is 2.48. The maximum atomic E-state index is 13.5. The molecule has 1 aliphatic carbocycles. The average Bonchev–Trinajstić information content (AvgIpc) is 3.57. The van der Waals surface area contributed by atoms with Gasteiger partial charge in [0.05, 0.1) is 6.04 Å². The van der Waals surface area contributed by atoms with Gasteiger partial charge in [-0.3, -0.25) is 14.6 Å². The van der Waals surface area contributed by atoms with E-state index in [9.17, 15) is 9.59 Å². The van der Waals surface area contributed by atoms with Crippen molar-refractivity contribution in [2.24, 2.45) is 5.92 Å². The molecule has 0 bridgehead atoms. The maximum Gasteiger partial charge on any atom is 0.254 e. The summed E-state index contributed by atoms with van der Waals surface area (Å²) in [7, 11) is 0. The third-order valence-corrected chi connectivity index (χ3v) is 5.98. The van der Waals surface area contributed by atoms with Crippen LogP contribution in [0.2, 0.25) is 0 Å². The highest BCUT2D eigenvalue weighted by Crippen LogP contribution is 2.39. The smallest absolute Gasteiger partial charge is 0.254 e. The fourth-order valence-corrected chi connectivity index (χ4v) is 4.30. The minimum atomic E-state index is -0.678. The second kappa shape index (κ2) is 8.57. The molecule has 3 heterocycles. The molecule has 1 aromatic heterocycles. The van der Waals surface area contributed by atoms with Gasteiger partial charge in [0, 0.05) is 44.7 Å². The van der Waals surface area contributed by atoms with Crippen molar-refractivity contribution in [3.63, 3.8) is 0 Å². The van der Waals surface area contributed by atoms with Gasteiger partial charge in [-0.2, -0.15) is 0 Å². The molecular weight excluding hydrogens is 358 g/mol. The van der Waals surface area contributed by atoms with E-state index in [1.807, 2.05) is 28.9 Å². The first-order chi connectivity index (χ1) is 13.7. The molecule has 1 saturated carbocycles. The van der Waals surface area contributed by atoms with E-state index in [0.29, 0.717) is 12.5 Å². The van der Waals surface area contributed by atoms with Crippen molar-refractivity contribution in [1.29, 1.82) is 0 Å². The number of amides is 2. The minimum absolute atomic E-state index is 0.0269. The molecule has 2 saturated heterocycles. The Hall–Kier alpha value is -1.99. The Morgan fingerprint density at radius 1 is 1.29 bits per heavy atom. The Bertz CT molecular complexity index is 688. The summed E-state index contributed by atoms with van der Waals surface area (Å²) in [5, 5.41) is 0. The summed E-state index contributed by atoms with van der Waals surface area (Å²) in [4.78, 5) is 34.1. The van der Waals surface area contributed by atoms with Crippen LogP contribution in [0.15, 0.2) is 24.5 Å². The molecule has 7 heteroatoms. The highest BCUT2D eigenvalue weighted by molar-refractivity contribution is 5.86. The Labute approximate surface area is 166 Å². The van der Waals surface area contributed by atoms with Gasteiger partial charge in [0.2, 0.25) is 5.91 Å². The van der Waals surface area contributed by atoms with Crippen LogP contribution in [0.25, 0.3) is 0 Å². The second-order valence-electron chi connectivity index (χ2n) is 7.93. The van der Waals surface area contributed by atoms with E-state index < -0.39 is 12.1 Å². The van der Waals surface area contributed by atoms with Gasteiger partial charge in [-0.05, 0) is 50.2 Å². The molecule has 2 amide bonds. The van der Waals surface area contributed by atoms with E-state index in [2.05, 4.69) is 4.98 Å². The number of pyridine rings is 1. The first kappa shape index (κ1) is 19.3. The largest absolute Gasteiger partial charge is 0.381 e. The summed E-state index contributed by atoms with van der Waals surface area (Å²) in [5.41, 5.74) is 0.864. The van der Waals surface area contributed by atoms with Gasteiger partial charge in [-0.25, -0.2) is 0 Å². The predicted molar refractivity (Wildman–Crippen MR) is 102 cm³/mol. The van der Waals surface area contributed by atoms with Gasteiger partial charge in [0.1, 0.15) is 6.61 Å². The van der Waals surface area contributed by atoms with E-state index in [1.165, 1.54) is 0 Å². The molecule has 2 aliphatic heterocycles. The van der Waals surface area contributed by atoms with Crippen LogP contribution < -0.4 is 0 Å². The lowest BCUT2D eigenvalue weighted by Gasteiger charge is -2.42. The summed E-state index contributed by atoms with van der Waals surface area (Å²) >= 11 is 0. The van der Waals surface area contributed by atoms with Crippen molar-refractivity contribution in [1.82, 2.24) is 14.8 Å². The third kappa shape index (κ3) is 4.05. The van der Waals surface area contributed by atoms with Crippen molar-refractivity contribution in [3.05, 3.63) is 30.1 Å². The quantitative estimate of drug-likeness (QED) is 0.744. The topological polar surface area (TPSA) is 72.0 Å². The molecule has 0 aromatic carbocycles. The van der Waals surface area contributed by atoms with Crippen molar-refractivity contribution in [2.75, 3.05) is 32.9 Å². The average molecular weight is 387 g/mol. The molecule has 28 heavy (non-hydrogen) atoms. The Balaban J connectivity index is 1.57. The summed E-state index contributed by atoms with van der Waals surface area (Å²) in [5.74, 6) is 0.396. The predicted octanol–water partition coefficient (Wildman–Crippen LogP) is 1.79. The second-order valence-corrected chi connectivity index (χ2v) is 7.93. The number of aromatic nitrogens is 1. The summed E-state index contributed by atoms with van der Waals surface area (Å²) in [6.07, 6.45) is 6.71. The lowest BCUT2D eigenvalue weighted by atomic mass is 9.96.